The van der Waals surface area contributed by atoms with Gasteiger partial charge in [-0.3, -0.25) is 0 Å². The number of aromatic nitrogens is 2. The first-order valence-corrected chi connectivity index (χ1v) is 18.0. The largest absolute Gasteiger partial charge is 0.436 e. The molecule has 2 aromatic heterocycles. The van der Waals surface area contributed by atoms with Crippen LogP contribution in [0.1, 0.15) is 5.56 Å². The van der Waals surface area contributed by atoms with Crippen LogP contribution < -0.4 is 0 Å². The number of hydrogen-bond donors (Lipinski definition) is 0. The van der Waals surface area contributed by atoms with Gasteiger partial charge >= 0.3 is 0 Å². The predicted octanol–water partition coefficient (Wildman–Crippen LogP) is 13.6. The second-order valence-corrected chi connectivity index (χ2v) is 13.7. The molecule has 0 N–H and O–H groups in total. The maximum absolute atomic E-state index is 6.30. The topological polar surface area (TPSA) is 31.0 Å². The lowest BCUT2D eigenvalue weighted by Crippen LogP contribution is -1.94. The molecule has 0 fully saturated rings. The Bertz CT molecular complexity index is 2880. The summed E-state index contributed by atoms with van der Waals surface area (Å²) in [6.07, 6.45) is 0. The average Bonchev–Trinajstić information content (AvgIpc) is 3.81. The van der Waals surface area contributed by atoms with Gasteiger partial charge in [0.2, 0.25) is 5.89 Å². The van der Waals surface area contributed by atoms with Crippen molar-refractivity contribution < 1.29 is 4.42 Å². The Labute approximate surface area is 308 Å². The number of fused-ring (bicyclic) bond motifs is 4. The van der Waals surface area contributed by atoms with Crippen LogP contribution in [0.5, 0.6) is 0 Å². The van der Waals surface area contributed by atoms with Gasteiger partial charge in [-0.25, -0.2) is 4.98 Å². The molecule has 0 aliphatic carbocycles. The number of aryl methyl sites for hydroxylation is 1. The Morgan fingerprint density at radius 1 is 0.415 bits per heavy atom. The lowest BCUT2D eigenvalue weighted by molar-refractivity contribution is 0.620. The second kappa shape index (κ2) is 12.7. The predicted molar refractivity (Wildman–Crippen MR) is 220 cm³/mol. The zero-order valence-electron chi connectivity index (χ0n) is 29.2. The highest BCUT2D eigenvalue weighted by Gasteiger charge is 2.16. The molecule has 0 aliphatic rings. The minimum Gasteiger partial charge on any atom is -0.436 e. The lowest BCUT2D eigenvalue weighted by Gasteiger charge is -2.15. The Hall–Kier alpha value is -6.97. The third-order valence-corrected chi connectivity index (χ3v) is 10.4. The molecule has 0 spiro atoms. The number of oxazole rings is 1. The molecule has 0 aliphatic heterocycles. The van der Waals surface area contributed by atoms with E-state index >= 15 is 0 Å². The van der Waals surface area contributed by atoms with Crippen molar-refractivity contribution in [2.24, 2.45) is 0 Å². The maximum Gasteiger partial charge on any atom is 0.227 e. The fourth-order valence-electron chi connectivity index (χ4n) is 7.70. The van der Waals surface area contributed by atoms with Gasteiger partial charge in [-0.1, -0.05) is 145 Å². The molecule has 0 bridgehead atoms. The van der Waals surface area contributed by atoms with E-state index < -0.39 is 0 Å². The summed E-state index contributed by atoms with van der Waals surface area (Å²) in [6, 6.07) is 67.0. The standard InChI is InChI=1S/C50H34N2O/c1-33-18-20-34(21-19-33)38-28-31-46-49(32-38)53-50(51-46)37-24-22-35(23-25-37)40-10-2-4-12-42(40)43-13-5-3-11-41(43)36-26-29-39(30-27-36)52-47-16-8-6-14-44(47)45-15-7-9-17-48(45)52/h2-32H,1H3. The third kappa shape index (κ3) is 5.42. The van der Waals surface area contributed by atoms with Crippen LogP contribution >= 0.6 is 0 Å². The van der Waals surface area contributed by atoms with Crippen LogP contribution in [0.4, 0.5) is 0 Å². The van der Waals surface area contributed by atoms with Gasteiger partial charge in [0.1, 0.15) is 5.52 Å². The van der Waals surface area contributed by atoms with Gasteiger partial charge in [0, 0.05) is 22.0 Å². The summed E-state index contributed by atoms with van der Waals surface area (Å²) in [6.45, 7) is 2.10. The number of benzene rings is 8. The van der Waals surface area contributed by atoms with Crippen molar-refractivity contribution >= 4 is 32.9 Å². The van der Waals surface area contributed by atoms with E-state index in [2.05, 4.69) is 193 Å². The van der Waals surface area contributed by atoms with Crippen molar-refractivity contribution in [3.05, 3.63) is 194 Å². The number of rotatable bonds is 6. The van der Waals surface area contributed by atoms with Gasteiger partial charge in [0.25, 0.3) is 0 Å². The molecule has 0 saturated heterocycles. The van der Waals surface area contributed by atoms with E-state index in [1.165, 1.54) is 55.2 Å². The highest BCUT2D eigenvalue weighted by molar-refractivity contribution is 6.09. The smallest absolute Gasteiger partial charge is 0.227 e. The first kappa shape index (κ1) is 30.8. The number of nitrogens with zero attached hydrogens (tertiary/aromatic N) is 2. The molecule has 53 heavy (non-hydrogen) atoms. The van der Waals surface area contributed by atoms with Gasteiger partial charge in [-0.15, -0.1) is 0 Å². The zero-order chi connectivity index (χ0) is 35.3. The average molecular weight is 679 g/mol. The highest BCUT2D eigenvalue weighted by atomic mass is 16.3. The second-order valence-electron chi connectivity index (χ2n) is 13.7. The summed E-state index contributed by atoms with van der Waals surface area (Å²) >= 11 is 0. The molecule has 2 heterocycles. The molecule has 0 unspecified atom stereocenters. The van der Waals surface area contributed by atoms with Gasteiger partial charge in [0.05, 0.1) is 11.0 Å². The summed E-state index contributed by atoms with van der Waals surface area (Å²) in [5.41, 5.74) is 16.8. The third-order valence-electron chi connectivity index (χ3n) is 10.4. The van der Waals surface area contributed by atoms with E-state index in [0.29, 0.717) is 5.89 Å². The van der Waals surface area contributed by atoms with Gasteiger partial charge < -0.3 is 8.98 Å². The molecule has 0 atom stereocenters. The Balaban J connectivity index is 0.976. The number of para-hydroxylation sites is 2. The van der Waals surface area contributed by atoms with Crippen molar-refractivity contribution in [1.82, 2.24) is 9.55 Å². The minimum absolute atomic E-state index is 0.621. The van der Waals surface area contributed by atoms with Gasteiger partial charge in [-0.2, -0.15) is 0 Å². The SMILES string of the molecule is Cc1ccc(-c2ccc3nc(-c4ccc(-c5ccccc5-c5ccccc5-c5ccc(-n6c7ccccc7c7ccccc76)cc5)cc4)oc3c2)cc1. The Kier molecular flexibility index (Phi) is 7.36. The molecular formula is C50H34N2O. The molecule has 8 aromatic carbocycles. The molecule has 10 rings (SSSR count). The summed E-state index contributed by atoms with van der Waals surface area (Å²) in [5, 5.41) is 2.53. The van der Waals surface area contributed by atoms with Gasteiger partial charge in [0.15, 0.2) is 5.58 Å². The van der Waals surface area contributed by atoms with E-state index in [0.717, 1.165) is 39.0 Å². The minimum atomic E-state index is 0.621. The van der Waals surface area contributed by atoms with E-state index in [9.17, 15) is 0 Å². The molecule has 0 saturated carbocycles. The Morgan fingerprint density at radius 3 is 1.49 bits per heavy atom. The summed E-state index contributed by atoms with van der Waals surface area (Å²) < 4.78 is 8.67. The van der Waals surface area contributed by atoms with Crippen LogP contribution in [0.3, 0.4) is 0 Å². The monoisotopic (exact) mass is 678 g/mol. The van der Waals surface area contributed by atoms with Crippen LogP contribution in [0.25, 0.3) is 94.6 Å². The van der Waals surface area contributed by atoms with Crippen LogP contribution in [0.15, 0.2) is 192 Å². The highest BCUT2D eigenvalue weighted by Crippen LogP contribution is 2.40. The molecule has 250 valence electrons. The molecule has 3 heteroatoms. The number of hydrogen-bond acceptors (Lipinski definition) is 2. The fraction of sp³-hybridized carbons (Fsp3) is 0.0200. The van der Waals surface area contributed by atoms with Crippen LogP contribution in [0.2, 0.25) is 0 Å². The quantitative estimate of drug-likeness (QED) is 0.175. The summed E-state index contributed by atoms with van der Waals surface area (Å²) in [4.78, 5) is 4.83. The Morgan fingerprint density at radius 2 is 0.887 bits per heavy atom. The molecule has 3 nitrogen and oxygen atoms in total. The van der Waals surface area contributed by atoms with E-state index in [4.69, 9.17) is 9.40 Å². The lowest BCUT2D eigenvalue weighted by atomic mass is 9.89. The van der Waals surface area contributed by atoms with Crippen molar-refractivity contribution in [1.29, 1.82) is 0 Å². The molecule has 0 radical (unpaired) electrons. The molecular weight excluding hydrogens is 645 g/mol. The van der Waals surface area contributed by atoms with E-state index in [-0.39, 0.29) is 0 Å². The van der Waals surface area contributed by atoms with Crippen molar-refractivity contribution in [2.45, 2.75) is 6.92 Å². The molecule has 10 aromatic rings. The van der Waals surface area contributed by atoms with Crippen LogP contribution in [0, 0.1) is 6.92 Å². The van der Waals surface area contributed by atoms with Crippen molar-refractivity contribution in [3.63, 3.8) is 0 Å². The summed E-state index contributed by atoms with van der Waals surface area (Å²) in [5.74, 6) is 0.621. The van der Waals surface area contributed by atoms with Crippen molar-refractivity contribution in [3.8, 4) is 61.6 Å². The maximum atomic E-state index is 6.30. The first-order chi connectivity index (χ1) is 26.2. The van der Waals surface area contributed by atoms with Crippen LogP contribution in [-0.2, 0) is 0 Å². The van der Waals surface area contributed by atoms with Crippen LogP contribution in [-0.4, -0.2) is 9.55 Å². The van der Waals surface area contributed by atoms with E-state index in [1.54, 1.807) is 0 Å². The van der Waals surface area contributed by atoms with Gasteiger partial charge in [-0.05, 0) is 100.0 Å². The summed E-state index contributed by atoms with van der Waals surface area (Å²) in [7, 11) is 0. The molecule has 0 amide bonds. The first-order valence-electron chi connectivity index (χ1n) is 18.0. The normalized spacial score (nSPS) is 11.5. The fourth-order valence-corrected chi connectivity index (χ4v) is 7.70. The van der Waals surface area contributed by atoms with E-state index in [1.807, 2.05) is 6.07 Å². The van der Waals surface area contributed by atoms with Crippen molar-refractivity contribution in [2.75, 3.05) is 0 Å². The zero-order valence-corrected chi connectivity index (χ0v) is 29.2.